The van der Waals surface area contributed by atoms with Gasteiger partial charge in [-0.1, -0.05) is 12.1 Å². The third-order valence-corrected chi connectivity index (χ3v) is 3.60. The minimum atomic E-state index is -0.692. The quantitative estimate of drug-likeness (QED) is 0.359. The molecule has 0 aliphatic carbocycles. The van der Waals surface area contributed by atoms with Gasteiger partial charge < -0.3 is 10.4 Å². The molecule has 0 radical (unpaired) electrons. The summed E-state index contributed by atoms with van der Waals surface area (Å²) in [5, 5.41) is 31.8. The molecule has 0 saturated heterocycles. The first-order chi connectivity index (χ1) is 11.4. The Hall–Kier alpha value is -3.18. The number of nitro groups is 1. The summed E-state index contributed by atoms with van der Waals surface area (Å²) in [6.45, 7) is 0. The summed E-state index contributed by atoms with van der Waals surface area (Å²) in [5.74, 6) is -0.658. The molecule has 0 saturated carbocycles. The molecular weight excluding hydrogens is 378 g/mol. The minimum Gasteiger partial charge on any atom is -0.507 e. The lowest BCUT2D eigenvalue weighted by molar-refractivity contribution is -0.384. The highest BCUT2D eigenvalue weighted by Gasteiger charge is 2.12. The zero-order valence-electron chi connectivity index (χ0n) is 12.1. The first kappa shape index (κ1) is 17.2. The summed E-state index contributed by atoms with van der Waals surface area (Å²) in [4.78, 5) is 22.3. The van der Waals surface area contributed by atoms with E-state index in [0.29, 0.717) is 10.0 Å². The molecule has 0 heterocycles. The van der Waals surface area contributed by atoms with Crippen molar-refractivity contribution >= 4 is 39.3 Å². The van der Waals surface area contributed by atoms with Gasteiger partial charge in [0, 0.05) is 17.8 Å². The molecule has 7 nitrogen and oxygen atoms in total. The number of halogens is 1. The van der Waals surface area contributed by atoms with Crippen molar-refractivity contribution < 1.29 is 14.8 Å². The zero-order chi connectivity index (χ0) is 17.7. The molecule has 2 N–H and O–H groups in total. The van der Waals surface area contributed by atoms with Gasteiger partial charge in [-0.3, -0.25) is 14.9 Å². The van der Waals surface area contributed by atoms with Crippen LogP contribution in [0, 0.1) is 21.4 Å². The van der Waals surface area contributed by atoms with Gasteiger partial charge in [0.1, 0.15) is 17.4 Å². The van der Waals surface area contributed by atoms with Crippen molar-refractivity contribution in [3.8, 4) is 11.8 Å². The molecule has 0 aromatic heterocycles. The molecule has 24 heavy (non-hydrogen) atoms. The number of nitriles is 1. The van der Waals surface area contributed by atoms with Gasteiger partial charge in [-0.25, -0.2) is 0 Å². The van der Waals surface area contributed by atoms with E-state index >= 15 is 0 Å². The number of nitro benzene ring substituents is 1. The number of phenols is 1. The van der Waals surface area contributed by atoms with Crippen LogP contribution in [0.15, 0.2) is 52.5 Å². The van der Waals surface area contributed by atoms with E-state index < -0.39 is 10.8 Å². The van der Waals surface area contributed by atoms with Crippen LogP contribution in [0.2, 0.25) is 0 Å². The Kier molecular flexibility index (Phi) is 5.29. The number of carbonyl (C=O) groups excluding carboxylic acids is 1. The van der Waals surface area contributed by atoms with Crippen LogP contribution in [-0.2, 0) is 4.79 Å². The van der Waals surface area contributed by atoms with Gasteiger partial charge >= 0.3 is 0 Å². The highest BCUT2D eigenvalue weighted by Crippen LogP contribution is 2.25. The average molecular weight is 388 g/mol. The summed E-state index contributed by atoms with van der Waals surface area (Å²) in [7, 11) is 0. The van der Waals surface area contributed by atoms with Crippen LogP contribution in [0.1, 0.15) is 5.56 Å². The van der Waals surface area contributed by atoms with Crippen LogP contribution < -0.4 is 5.32 Å². The number of rotatable bonds is 4. The molecule has 0 fully saturated rings. The second-order valence-electron chi connectivity index (χ2n) is 4.64. The molecule has 0 atom stereocenters. The number of nitrogens with zero attached hydrogens (tertiary/aromatic N) is 2. The summed E-state index contributed by atoms with van der Waals surface area (Å²) >= 11 is 3.14. The molecule has 1 amide bonds. The molecule has 120 valence electrons. The Labute approximate surface area is 145 Å². The molecule has 0 spiro atoms. The van der Waals surface area contributed by atoms with Gasteiger partial charge in [-0.2, -0.15) is 5.26 Å². The maximum Gasteiger partial charge on any atom is 0.271 e. The maximum atomic E-state index is 12.1. The number of phenolic OH excluding ortho intramolecular Hbond substituents is 1. The van der Waals surface area contributed by atoms with Crippen molar-refractivity contribution in [2.75, 3.05) is 5.32 Å². The van der Waals surface area contributed by atoms with Crippen molar-refractivity contribution in [2.45, 2.75) is 0 Å². The third kappa shape index (κ3) is 4.18. The number of amides is 1. The van der Waals surface area contributed by atoms with Crippen molar-refractivity contribution in [2.24, 2.45) is 0 Å². The molecule has 2 aromatic rings. The van der Waals surface area contributed by atoms with E-state index in [1.54, 1.807) is 12.1 Å². The molecule has 0 unspecified atom stereocenters. The van der Waals surface area contributed by atoms with E-state index in [1.165, 1.54) is 42.5 Å². The lowest BCUT2D eigenvalue weighted by Gasteiger charge is -2.04. The van der Waals surface area contributed by atoms with Crippen LogP contribution in [0.3, 0.4) is 0 Å². The lowest BCUT2D eigenvalue weighted by Crippen LogP contribution is -2.13. The van der Waals surface area contributed by atoms with Gasteiger partial charge in [0.25, 0.3) is 11.6 Å². The molecule has 8 heteroatoms. The van der Waals surface area contributed by atoms with Crippen molar-refractivity contribution in [1.29, 1.82) is 5.26 Å². The standard InChI is InChI=1S/C16H10BrN3O4/c17-14-7-10(4-5-15(14)21)6-11(9-18)16(22)19-12-2-1-3-13(8-12)20(23)24/h1-8,21H,(H,19,22)/b11-6+. The van der Waals surface area contributed by atoms with E-state index in [4.69, 9.17) is 5.26 Å². The van der Waals surface area contributed by atoms with Crippen LogP contribution in [0.5, 0.6) is 5.75 Å². The zero-order valence-corrected chi connectivity index (χ0v) is 13.6. The molecule has 0 bridgehead atoms. The Balaban J connectivity index is 2.24. The third-order valence-electron chi connectivity index (χ3n) is 2.96. The van der Waals surface area contributed by atoms with Crippen LogP contribution in [0.25, 0.3) is 6.08 Å². The number of anilines is 1. The van der Waals surface area contributed by atoms with Crippen molar-refractivity contribution in [3.63, 3.8) is 0 Å². The monoisotopic (exact) mass is 387 g/mol. The number of non-ortho nitro benzene ring substituents is 1. The average Bonchev–Trinajstić information content (AvgIpc) is 2.55. The number of carbonyl (C=O) groups is 1. The summed E-state index contributed by atoms with van der Waals surface area (Å²) in [6, 6.07) is 11.7. The maximum absolute atomic E-state index is 12.1. The summed E-state index contributed by atoms with van der Waals surface area (Å²) in [6.07, 6.45) is 1.34. The molecule has 2 rings (SSSR count). The van der Waals surface area contributed by atoms with Crippen molar-refractivity contribution in [3.05, 3.63) is 68.2 Å². The predicted octanol–water partition coefficient (Wildman–Crippen LogP) is 3.61. The SMILES string of the molecule is N#C/C(=C\c1ccc(O)c(Br)c1)C(=O)Nc1cccc([N+](=O)[O-])c1. The predicted molar refractivity (Wildman–Crippen MR) is 91.1 cm³/mol. The van der Waals surface area contributed by atoms with Crippen LogP contribution in [0.4, 0.5) is 11.4 Å². The Morgan fingerprint density at radius 3 is 2.71 bits per heavy atom. The second kappa shape index (κ2) is 7.39. The van der Waals surface area contributed by atoms with Gasteiger partial charge in [0.15, 0.2) is 0 Å². The fourth-order valence-corrected chi connectivity index (χ4v) is 2.22. The highest BCUT2D eigenvalue weighted by atomic mass is 79.9. The molecule has 0 aliphatic heterocycles. The Morgan fingerprint density at radius 2 is 2.08 bits per heavy atom. The largest absolute Gasteiger partial charge is 0.507 e. The first-order valence-electron chi connectivity index (χ1n) is 6.57. The van der Waals surface area contributed by atoms with Gasteiger partial charge in [-0.05, 0) is 45.8 Å². The van der Waals surface area contributed by atoms with E-state index in [1.807, 2.05) is 0 Å². The summed E-state index contributed by atoms with van der Waals surface area (Å²) < 4.78 is 0.424. The van der Waals surface area contributed by atoms with E-state index in [9.17, 15) is 20.0 Å². The minimum absolute atomic E-state index is 0.0340. The highest BCUT2D eigenvalue weighted by molar-refractivity contribution is 9.10. The lowest BCUT2D eigenvalue weighted by atomic mass is 10.1. The van der Waals surface area contributed by atoms with Crippen LogP contribution >= 0.6 is 15.9 Å². The number of hydrogen-bond acceptors (Lipinski definition) is 5. The molecule has 0 aliphatic rings. The van der Waals surface area contributed by atoms with Crippen molar-refractivity contribution in [1.82, 2.24) is 0 Å². The Morgan fingerprint density at radius 1 is 1.33 bits per heavy atom. The number of aromatic hydroxyl groups is 1. The fourth-order valence-electron chi connectivity index (χ4n) is 1.82. The fraction of sp³-hybridized carbons (Fsp3) is 0. The Bertz CT molecular complexity index is 887. The first-order valence-corrected chi connectivity index (χ1v) is 7.36. The van der Waals surface area contributed by atoms with Gasteiger partial charge in [0.2, 0.25) is 0 Å². The molecular formula is C16H10BrN3O4. The number of nitrogens with one attached hydrogen (secondary N) is 1. The van der Waals surface area contributed by atoms with E-state index in [0.717, 1.165) is 0 Å². The van der Waals surface area contributed by atoms with E-state index in [-0.39, 0.29) is 22.7 Å². The van der Waals surface area contributed by atoms with Gasteiger partial charge in [-0.15, -0.1) is 0 Å². The topological polar surface area (TPSA) is 116 Å². The molecule has 2 aromatic carbocycles. The smallest absolute Gasteiger partial charge is 0.271 e. The normalized spacial score (nSPS) is 10.8. The second-order valence-corrected chi connectivity index (χ2v) is 5.50. The number of hydrogen-bond donors (Lipinski definition) is 2. The van der Waals surface area contributed by atoms with E-state index in [2.05, 4.69) is 21.2 Å². The number of benzene rings is 2. The summed E-state index contributed by atoms with van der Waals surface area (Å²) in [5.41, 5.74) is 0.393. The van der Waals surface area contributed by atoms with Gasteiger partial charge in [0.05, 0.1) is 9.40 Å². The van der Waals surface area contributed by atoms with Crippen LogP contribution in [-0.4, -0.2) is 15.9 Å².